The summed E-state index contributed by atoms with van der Waals surface area (Å²) in [5.41, 5.74) is 5.29. The summed E-state index contributed by atoms with van der Waals surface area (Å²) < 4.78 is 0. The van der Waals surface area contributed by atoms with E-state index in [9.17, 15) is 0 Å². The van der Waals surface area contributed by atoms with Crippen molar-refractivity contribution < 1.29 is 0 Å². The quantitative estimate of drug-likeness (QED) is 0.723. The van der Waals surface area contributed by atoms with Gasteiger partial charge in [-0.05, 0) is 42.8 Å². The van der Waals surface area contributed by atoms with Gasteiger partial charge in [0.05, 0.1) is 12.6 Å². The van der Waals surface area contributed by atoms with Gasteiger partial charge in [-0.3, -0.25) is 9.98 Å². The largest absolute Gasteiger partial charge is 0.358 e. The van der Waals surface area contributed by atoms with Crippen molar-refractivity contribution in [3.05, 3.63) is 77.1 Å². The molecule has 0 aliphatic carbocycles. The molecule has 26 heavy (non-hydrogen) atoms. The molecule has 0 fully saturated rings. The van der Waals surface area contributed by atoms with Crippen molar-refractivity contribution in [2.24, 2.45) is 4.99 Å². The van der Waals surface area contributed by atoms with E-state index in [0.717, 1.165) is 23.9 Å². The molecule has 0 saturated carbocycles. The summed E-state index contributed by atoms with van der Waals surface area (Å²) >= 11 is 1.81. The van der Waals surface area contributed by atoms with Crippen molar-refractivity contribution in [1.29, 1.82) is 0 Å². The summed E-state index contributed by atoms with van der Waals surface area (Å²) in [4.78, 5) is 8.89. The van der Waals surface area contributed by atoms with Crippen LogP contribution < -0.4 is 5.32 Å². The van der Waals surface area contributed by atoms with E-state index in [1.54, 1.807) is 0 Å². The van der Waals surface area contributed by atoms with Crippen LogP contribution in [0.1, 0.15) is 28.3 Å². The number of aryl methyl sites for hydroxylation is 2. The highest BCUT2D eigenvalue weighted by atomic mass is 32.2. The van der Waals surface area contributed by atoms with Gasteiger partial charge in [0.1, 0.15) is 0 Å². The fourth-order valence-electron chi connectivity index (χ4n) is 3.68. The smallest absolute Gasteiger partial charge is 0.157 e. The standard InChI is InChI=1S/C22H23N3S/c1-15-10-16(2)12-17(11-15)13-21(25-22-24-8-9-26-22)20-5-3-4-18-14-23-7-6-19(18)20/h3-7,10-12,14,21H,8-9,13H2,1-2H3,(H,24,25). The lowest BCUT2D eigenvalue weighted by Gasteiger charge is -2.22. The number of hydrogen-bond donors (Lipinski definition) is 1. The molecule has 1 aliphatic rings. The zero-order valence-corrected chi connectivity index (χ0v) is 16.0. The van der Waals surface area contributed by atoms with Crippen molar-refractivity contribution in [2.75, 3.05) is 12.3 Å². The Balaban J connectivity index is 1.74. The minimum atomic E-state index is 0.187. The Bertz CT molecular complexity index is 939. The summed E-state index contributed by atoms with van der Waals surface area (Å²) in [6, 6.07) is 15.6. The number of aromatic nitrogens is 1. The number of nitrogens with one attached hydrogen (secondary N) is 1. The van der Waals surface area contributed by atoms with E-state index in [2.05, 4.69) is 71.6 Å². The van der Waals surface area contributed by atoms with Gasteiger partial charge in [-0.2, -0.15) is 0 Å². The van der Waals surface area contributed by atoms with Crippen LogP contribution >= 0.6 is 11.8 Å². The number of rotatable bonds is 4. The van der Waals surface area contributed by atoms with E-state index < -0.39 is 0 Å². The molecule has 3 nitrogen and oxygen atoms in total. The maximum Gasteiger partial charge on any atom is 0.157 e. The number of nitrogens with zero attached hydrogens (tertiary/aromatic N) is 2. The first-order valence-corrected chi connectivity index (χ1v) is 10.0. The van der Waals surface area contributed by atoms with Gasteiger partial charge in [0.2, 0.25) is 0 Å². The zero-order chi connectivity index (χ0) is 17.9. The Morgan fingerprint density at radius 2 is 1.96 bits per heavy atom. The van der Waals surface area contributed by atoms with Crippen LogP contribution in [-0.4, -0.2) is 22.4 Å². The first-order chi connectivity index (χ1) is 12.7. The van der Waals surface area contributed by atoms with E-state index >= 15 is 0 Å². The molecule has 2 heterocycles. The minimum absolute atomic E-state index is 0.187. The molecule has 132 valence electrons. The highest BCUT2D eigenvalue weighted by Gasteiger charge is 2.19. The molecule has 1 atom stereocenters. The van der Waals surface area contributed by atoms with Gasteiger partial charge in [0.15, 0.2) is 5.17 Å². The number of thioether (sulfide) groups is 1. The number of benzene rings is 2. The second-order valence-electron chi connectivity index (χ2n) is 6.88. The minimum Gasteiger partial charge on any atom is -0.358 e. The van der Waals surface area contributed by atoms with Crippen LogP contribution in [0, 0.1) is 13.8 Å². The van der Waals surface area contributed by atoms with Crippen LogP contribution in [-0.2, 0) is 6.42 Å². The van der Waals surface area contributed by atoms with Gasteiger partial charge in [-0.25, -0.2) is 0 Å². The topological polar surface area (TPSA) is 37.3 Å². The van der Waals surface area contributed by atoms with Crippen molar-refractivity contribution in [3.8, 4) is 0 Å². The molecule has 2 aromatic carbocycles. The highest BCUT2D eigenvalue weighted by Crippen LogP contribution is 2.28. The molecule has 0 bridgehead atoms. The molecule has 4 rings (SSSR count). The van der Waals surface area contributed by atoms with Gasteiger partial charge in [0, 0.05) is 23.5 Å². The van der Waals surface area contributed by atoms with Gasteiger partial charge in [0.25, 0.3) is 0 Å². The number of aliphatic imine (C=N–C) groups is 1. The van der Waals surface area contributed by atoms with Crippen LogP contribution in [0.5, 0.6) is 0 Å². The molecule has 1 unspecified atom stereocenters. The van der Waals surface area contributed by atoms with E-state index in [4.69, 9.17) is 0 Å². The third-order valence-corrected chi connectivity index (χ3v) is 5.60. The maximum atomic E-state index is 4.61. The number of amidine groups is 1. The van der Waals surface area contributed by atoms with E-state index in [-0.39, 0.29) is 6.04 Å². The molecular weight excluding hydrogens is 338 g/mol. The average molecular weight is 362 g/mol. The third kappa shape index (κ3) is 3.75. The molecule has 3 aromatic rings. The second-order valence-corrected chi connectivity index (χ2v) is 7.96. The predicted octanol–water partition coefficient (Wildman–Crippen LogP) is 4.83. The SMILES string of the molecule is Cc1cc(C)cc(CC(NC2=NCCS2)c2cccc3cnccc23)c1. The Morgan fingerprint density at radius 1 is 1.12 bits per heavy atom. The molecular formula is C22H23N3S. The molecule has 1 N–H and O–H groups in total. The zero-order valence-electron chi connectivity index (χ0n) is 15.2. The van der Waals surface area contributed by atoms with Gasteiger partial charge >= 0.3 is 0 Å². The molecule has 0 spiro atoms. The molecule has 0 amide bonds. The normalized spacial score (nSPS) is 15.1. The lowest BCUT2D eigenvalue weighted by Crippen LogP contribution is -2.27. The fourth-order valence-corrected chi connectivity index (χ4v) is 4.47. The Hall–Kier alpha value is -2.33. The highest BCUT2D eigenvalue weighted by molar-refractivity contribution is 8.14. The maximum absolute atomic E-state index is 4.61. The van der Waals surface area contributed by atoms with Crippen molar-refractivity contribution in [1.82, 2.24) is 10.3 Å². The fraction of sp³-hybridized carbons (Fsp3) is 0.273. The van der Waals surface area contributed by atoms with Crippen LogP contribution in [0.2, 0.25) is 0 Å². The van der Waals surface area contributed by atoms with Gasteiger partial charge < -0.3 is 5.32 Å². The van der Waals surface area contributed by atoms with Crippen LogP contribution in [0.25, 0.3) is 10.8 Å². The summed E-state index contributed by atoms with van der Waals surface area (Å²) in [5.74, 6) is 1.07. The lowest BCUT2D eigenvalue weighted by molar-refractivity contribution is 0.653. The third-order valence-electron chi connectivity index (χ3n) is 4.69. The summed E-state index contributed by atoms with van der Waals surface area (Å²) in [6.07, 6.45) is 4.75. The monoisotopic (exact) mass is 361 g/mol. The molecule has 1 aromatic heterocycles. The average Bonchev–Trinajstić information content (AvgIpc) is 3.13. The van der Waals surface area contributed by atoms with E-state index in [1.807, 2.05) is 24.2 Å². The Morgan fingerprint density at radius 3 is 2.73 bits per heavy atom. The van der Waals surface area contributed by atoms with Crippen LogP contribution in [0.3, 0.4) is 0 Å². The molecule has 4 heteroatoms. The molecule has 0 saturated heterocycles. The molecule has 0 radical (unpaired) electrons. The van der Waals surface area contributed by atoms with Crippen molar-refractivity contribution in [3.63, 3.8) is 0 Å². The number of fused-ring (bicyclic) bond motifs is 1. The van der Waals surface area contributed by atoms with Gasteiger partial charge in [-0.15, -0.1) is 0 Å². The summed E-state index contributed by atoms with van der Waals surface area (Å²) in [7, 11) is 0. The Kier molecular flexibility index (Phi) is 4.93. The van der Waals surface area contributed by atoms with Crippen LogP contribution in [0.15, 0.2) is 59.9 Å². The first-order valence-electron chi connectivity index (χ1n) is 9.02. The number of hydrogen-bond acceptors (Lipinski definition) is 4. The first kappa shape index (κ1) is 17.1. The lowest BCUT2D eigenvalue weighted by atomic mass is 9.93. The van der Waals surface area contributed by atoms with E-state index in [0.29, 0.717) is 0 Å². The summed E-state index contributed by atoms with van der Waals surface area (Å²) in [5, 5.41) is 7.20. The van der Waals surface area contributed by atoms with Crippen molar-refractivity contribution in [2.45, 2.75) is 26.3 Å². The van der Waals surface area contributed by atoms with Crippen molar-refractivity contribution >= 4 is 27.7 Å². The number of pyridine rings is 1. The van der Waals surface area contributed by atoms with Crippen LogP contribution in [0.4, 0.5) is 0 Å². The molecule has 1 aliphatic heterocycles. The Labute approximate surface area is 159 Å². The van der Waals surface area contributed by atoms with E-state index in [1.165, 1.54) is 33.0 Å². The second kappa shape index (κ2) is 7.50. The van der Waals surface area contributed by atoms with Gasteiger partial charge in [-0.1, -0.05) is 59.3 Å². The predicted molar refractivity (Wildman–Crippen MR) is 112 cm³/mol. The summed E-state index contributed by atoms with van der Waals surface area (Å²) in [6.45, 7) is 5.24.